The van der Waals surface area contributed by atoms with E-state index in [1.54, 1.807) is 0 Å². The maximum absolute atomic E-state index is 4.40. The Morgan fingerprint density at radius 2 is 2.16 bits per heavy atom. The lowest BCUT2D eigenvalue weighted by atomic mass is 9.96. The van der Waals surface area contributed by atoms with Crippen LogP contribution in [0.2, 0.25) is 0 Å². The van der Waals surface area contributed by atoms with Gasteiger partial charge in [-0.25, -0.2) is 0 Å². The first-order valence-electron chi connectivity index (χ1n) is 9.08. The molecule has 0 amide bonds. The maximum atomic E-state index is 4.40. The third-order valence-corrected chi connectivity index (χ3v) is 5.98. The molecule has 1 atom stereocenters. The SMILES string of the molecule is CCN1CCC(CNC(=NC)NCC2(c3cccc(Br)c3)CC2)C1.I. The van der Waals surface area contributed by atoms with Crippen LogP contribution in [0, 0.1) is 5.92 Å². The summed E-state index contributed by atoms with van der Waals surface area (Å²) in [6.45, 7) is 7.82. The first-order valence-corrected chi connectivity index (χ1v) is 9.87. The Morgan fingerprint density at radius 1 is 1.36 bits per heavy atom. The molecule has 2 aliphatic rings. The smallest absolute Gasteiger partial charge is 0.191 e. The number of hydrogen-bond acceptors (Lipinski definition) is 2. The largest absolute Gasteiger partial charge is 0.356 e. The summed E-state index contributed by atoms with van der Waals surface area (Å²) in [6, 6.07) is 8.72. The van der Waals surface area contributed by atoms with E-state index in [1.165, 1.54) is 44.5 Å². The molecule has 0 radical (unpaired) electrons. The van der Waals surface area contributed by atoms with Crippen molar-refractivity contribution in [3.63, 3.8) is 0 Å². The van der Waals surface area contributed by atoms with Crippen molar-refractivity contribution in [3.05, 3.63) is 34.3 Å². The molecule has 4 nitrogen and oxygen atoms in total. The molecule has 1 aliphatic heterocycles. The molecule has 6 heteroatoms. The third kappa shape index (κ3) is 5.57. The summed E-state index contributed by atoms with van der Waals surface area (Å²) < 4.78 is 1.16. The summed E-state index contributed by atoms with van der Waals surface area (Å²) in [5.74, 6) is 1.68. The number of aliphatic imine (C=N–C) groups is 1. The summed E-state index contributed by atoms with van der Waals surface area (Å²) in [6.07, 6.45) is 3.79. The molecule has 140 valence electrons. The van der Waals surface area contributed by atoms with Gasteiger partial charge in [0.05, 0.1) is 0 Å². The lowest BCUT2D eigenvalue weighted by Gasteiger charge is -2.20. The highest BCUT2D eigenvalue weighted by molar-refractivity contribution is 14.0. The minimum Gasteiger partial charge on any atom is -0.356 e. The van der Waals surface area contributed by atoms with Gasteiger partial charge in [0.15, 0.2) is 5.96 Å². The Hall–Kier alpha value is -0.340. The lowest BCUT2D eigenvalue weighted by molar-refractivity contribution is 0.341. The van der Waals surface area contributed by atoms with Crippen molar-refractivity contribution in [2.24, 2.45) is 10.9 Å². The number of halogens is 2. The Kier molecular flexibility index (Phi) is 8.01. The molecule has 1 saturated heterocycles. The highest BCUT2D eigenvalue weighted by Crippen LogP contribution is 2.48. The van der Waals surface area contributed by atoms with Gasteiger partial charge in [0.2, 0.25) is 0 Å². The van der Waals surface area contributed by atoms with Crippen LogP contribution in [0.5, 0.6) is 0 Å². The van der Waals surface area contributed by atoms with Crippen LogP contribution >= 0.6 is 39.9 Å². The highest BCUT2D eigenvalue weighted by atomic mass is 127. The van der Waals surface area contributed by atoms with E-state index in [-0.39, 0.29) is 29.4 Å². The number of hydrogen-bond donors (Lipinski definition) is 2. The Labute approximate surface area is 177 Å². The molecule has 0 spiro atoms. The zero-order valence-corrected chi connectivity index (χ0v) is 19.1. The monoisotopic (exact) mass is 520 g/mol. The highest BCUT2D eigenvalue weighted by Gasteiger charge is 2.44. The fraction of sp³-hybridized carbons (Fsp3) is 0.632. The number of benzene rings is 1. The van der Waals surface area contributed by atoms with Crippen molar-refractivity contribution in [2.45, 2.75) is 31.6 Å². The normalized spacial score (nSPS) is 22.4. The van der Waals surface area contributed by atoms with Crippen LogP contribution in [0.3, 0.4) is 0 Å². The fourth-order valence-electron chi connectivity index (χ4n) is 3.62. The standard InChI is InChI=1S/C19H29BrN4.HI/c1-3-24-10-7-15(13-24)12-22-18(21-2)23-14-19(8-9-19)16-5-4-6-17(20)11-16;/h4-6,11,15H,3,7-10,12-14H2,1-2H3,(H2,21,22,23);1H. The Balaban J connectivity index is 0.00000225. The van der Waals surface area contributed by atoms with Gasteiger partial charge in [-0.05, 0) is 56.0 Å². The second kappa shape index (κ2) is 9.55. The Bertz CT molecular complexity index is 589. The first-order chi connectivity index (χ1) is 11.6. The van der Waals surface area contributed by atoms with Gasteiger partial charge in [0, 0.05) is 36.6 Å². The summed E-state index contributed by atoms with van der Waals surface area (Å²) in [5.41, 5.74) is 1.71. The molecular weight excluding hydrogens is 491 g/mol. The fourth-order valence-corrected chi connectivity index (χ4v) is 4.02. The summed E-state index contributed by atoms with van der Waals surface area (Å²) in [4.78, 5) is 6.92. The summed E-state index contributed by atoms with van der Waals surface area (Å²) >= 11 is 3.59. The predicted molar refractivity (Wildman–Crippen MR) is 120 cm³/mol. The second-order valence-corrected chi connectivity index (χ2v) is 8.06. The zero-order valence-electron chi connectivity index (χ0n) is 15.2. The van der Waals surface area contributed by atoms with Crippen molar-refractivity contribution >= 4 is 45.9 Å². The van der Waals surface area contributed by atoms with Gasteiger partial charge in [0.25, 0.3) is 0 Å². The summed E-state index contributed by atoms with van der Waals surface area (Å²) in [7, 11) is 1.86. The quantitative estimate of drug-likeness (QED) is 0.342. The lowest BCUT2D eigenvalue weighted by Crippen LogP contribution is -2.43. The van der Waals surface area contributed by atoms with E-state index in [1.807, 2.05) is 7.05 Å². The molecule has 25 heavy (non-hydrogen) atoms. The van der Waals surface area contributed by atoms with Gasteiger partial charge < -0.3 is 15.5 Å². The minimum atomic E-state index is 0. The van der Waals surface area contributed by atoms with Crippen LogP contribution < -0.4 is 10.6 Å². The molecule has 0 aromatic heterocycles. The molecular formula is C19H30BrIN4. The molecule has 1 heterocycles. The molecule has 3 rings (SSSR count). The van der Waals surface area contributed by atoms with E-state index in [2.05, 4.69) is 67.6 Å². The van der Waals surface area contributed by atoms with Crippen molar-refractivity contribution in [3.8, 4) is 0 Å². The number of guanidine groups is 1. The number of likely N-dealkylation sites (tertiary alicyclic amines) is 1. The van der Waals surface area contributed by atoms with E-state index < -0.39 is 0 Å². The Morgan fingerprint density at radius 3 is 2.76 bits per heavy atom. The molecule has 1 aliphatic carbocycles. The second-order valence-electron chi connectivity index (χ2n) is 7.15. The van der Waals surface area contributed by atoms with Crippen LogP contribution in [-0.4, -0.2) is 50.6 Å². The van der Waals surface area contributed by atoms with Crippen LogP contribution in [-0.2, 0) is 5.41 Å². The molecule has 1 saturated carbocycles. The maximum Gasteiger partial charge on any atom is 0.191 e. The van der Waals surface area contributed by atoms with Crippen molar-refractivity contribution < 1.29 is 0 Å². The van der Waals surface area contributed by atoms with E-state index in [0.717, 1.165) is 29.4 Å². The van der Waals surface area contributed by atoms with Crippen LogP contribution in [0.25, 0.3) is 0 Å². The van der Waals surface area contributed by atoms with Crippen LogP contribution in [0.15, 0.2) is 33.7 Å². The van der Waals surface area contributed by atoms with Crippen LogP contribution in [0.1, 0.15) is 31.7 Å². The molecule has 1 aromatic carbocycles. The molecule has 1 aromatic rings. The van der Waals surface area contributed by atoms with Crippen molar-refractivity contribution in [2.75, 3.05) is 39.8 Å². The van der Waals surface area contributed by atoms with E-state index >= 15 is 0 Å². The first kappa shape index (κ1) is 21.0. The van der Waals surface area contributed by atoms with Gasteiger partial charge >= 0.3 is 0 Å². The number of nitrogens with zero attached hydrogens (tertiary/aromatic N) is 2. The zero-order chi connectivity index (χ0) is 17.0. The van der Waals surface area contributed by atoms with Crippen molar-refractivity contribution in [1.82, 2.24) is 15.5 Å². The average Bonchev–Trinajstić information content (AvgIpc) is 3.25. The summed E-state index contributed by atoms with van der Waals surface area (Å²) in [5, 5.41) is 7.07. The van der Waals surface area contributed by atoms with Crippen LogP contribution in [0.4, 0.5) is 0 Å². The van der Waals surface area contributed by atoms with Gasteiger partial charge in [-0.15, -0.1) is 24.0 Å². The molecule has 2 N–H and O–H groups in total. The van der Waals surface area contributed by atoms with Gasteiger partial charge in [-0.1, -0.05) is 35.0 Å². The van der Waals surface area contributed by atoms with Gasteiger partial charge in [0.1, 0.15) is 0 Å². The van der Waals surface area contributed by atoms with E-state index in [9.17, 15) is 0 Å². The molecule has 1 unspecified atom stereocenters. The topological polar surface area (TPSA) is 39.7 Å². The van der Waals surface area contributed by atoms with Gasteiger partial charge in [-0.3, -0.25) is 4.99 Å². The third-order valence-electron chi connectivity index (χ3n) is 5.48. The van der Waals surface area contributed by atoms with E-state index in [4.69, 9.17) is 0 Å². The number of nitrogens with one attached hydrogen (secondary N) is 2. The van der Waals surface area contributed by atoms with Gasteiger partial charge in [-0.2, -0.15) is 0 Å². The van der Waals surface area contributed by atoms with E-state index in [0.29, 0.717) is 0 Å². The average molecular weight is 521 g/mol. The van der Waals surface area contributed by atoms with Crippen molar-refractivity contribution in [1.29, 1.82) is 0 Å². The molecule has 2 fully saturated rings. The minimum absolute atomic E-state index is 0. The number of rotatable bonds is 6. The predicted octanol–water partition coefficient (Wildman–Crippen LogP) is 3.61. The molecule has 0 bridgehead atoms.